The standard InChI is InChI=1S/C35H49N3O3/c1-26-11-13-31-32(22-26)37(18-17-36-16-7-8-27(24-36)15-21-39-2)19-20-38-33-23-28(25-41-40-3)12-14-30(33)34(35(31)38)29-9-5-4-6-10-29/h11-14,22-23,27,29H,4-10,15-21,24-25H2,1-3H3/t27-/m0/s1. The monoisotopic (exact) mass is 559 g/mol. The number of benzene rings is 2. The Morgan fingerprint density at radius 3 is 2.59 bits per heavy atom. The first kappa shape index (κ1) is 28.7. The van der Waals surface area contributed by atoms with Crippen LogP contribution in [0.25, 0.3) is 22.2 Å². The molecule has 1 atom stereocenters. The largest absolute Gasteiger partial charge is 0.385 e. The fourth-order valence-corrected chi connectivity index (χ4v) is 7.78. The lowest BCUT2D eigenvalue weighted by atomic mass is 9.81. The minimum absolute atomic E-state index is 0.467. The molecule has 6 heteroatoms. The molecular weight excluding hydrogens is 510 g/mol. The normalized spacial score (nSPS) is 20.3. The number of hydrogen-bond acceptors (Lipinski definition) is 5. The molecule has 0 radical (unpaired) electrons. The summed E-state index contributed by atoms with van der Waals surface area (Å²) >= 11 is 0. The van der Waals surface area contributed by atoms with Gasteiger partial charge in [-0.25, -0.2) is 9.78 Å². The van der Waals surface area contributed by atoms with Gasteiger partial charge in [0.2, 0.25) is 0 Å². The summed E-state index contributed by atoms with van der Waals surface area (Å²) in [6, 6.07) is 14.1. The van der Waals surface area contributed by atoms with E-state index in [1.54, 1.807) is 12.7 Å². The van der Waals surface area contributed by atoms with Crippen LogP contribution in [0.2, 0.25) is 0 Å². The van der Waals surface area contributed by atoms with Crippen molar-refractivity contribution in [3.05, 3.63) is 53.1 Å². The van der Waals surface area contributed by atoms with Crippen LogP contribution < -0.4 is 4.90 Å². The molecule has 0 unspecified atom stereocenters. The number of hydrogen-bond donors (Lipinski definition) is 0. The van der Waals surface area contributed by atoms with Crippen LogP contribution in [0.5, 0.6) is 0 Å². The third-order valence-electron chi connectivity index (χ3n) is 9.89. The van der Waals surface area contributed by atoms with Crippen molar-refractivity contribution < 1.29 is 14.5 Å². The molecule has 2 fully saturated rings. The predicted octanol–water partition coefficient (Wildman–Crippen LogP) is 7.31. The number of aromatic nitrogens is 1. The zero-order chi connectivity index (χ0) is 28.2. The number of piperidine rings is 1. The van der Waals surface area contributed by atoms with Gasteiger partial charge in [-0.2, -0.15) is 0 Å². The van der Waals surface area contributed by atoms with Crippen LogP contribution in [0.4, 0.5) is 5.69 Å². The Labute approximate surface area is 246 Å². The van der Waals surface area contributed by atoms with Gasteiger partial charge in [0, 0.05) is 68.6 Å². The topological polar surface area (TPSA) is 39.1 Å². The summed E-state index contributed by atoms with van der Waals surface area (Å²) in [6.07, 6.45) is 10.5. The molecule has 41 heavy (non-hydrogen) atoms. The van der Waals surface area contributed by atoms with Crippen molar-refractivity contribution in [2.45, 2.75) is 77.4 Å². The van der Waals surface area contributed by atoms with Crippen LogP contribution >= 0.6 is 0 Å². The van der Waals surface area contributed by atoms with Crippen LogP contribution in [0.1, 0.15) is 74.0 Å². The summed E-state index contributed by atoms with van der Waals surface area (Å²) in [6.45, 7) is 10.2. The fourth-order valence-electron chi connectivity index (χ4n) is 7.78. The molecule has 0 N–H and O–H groups in total. The molecule has 1 aliphatic carbocycles. The zero-order valence-corrected chi connectivity index (χ0v) is 25.5. The number of likely N-dealkylation sites (tertiary alicyclic amines) is 1. The number of anilines is 1. The molecular formula is C35H49N3O3. The molecule has 0 bridgehead atoms. The number of methoxy groups -OCH3 is 1. The summed E-state index contributed by atoms with van der Waals surface area (Å²) in [5.74, 6) is 1.39. The van der Waals surface area contributed by atoms with Crippen molar-refractivity contribution in [1.82, 2.24) is 9.47 Å². The molecule has 1 saturated heterocycles. The van der Waals surface area contributed by atoms with Gasteiger partial charge in [-0.05, 0) is 86.2 Å². The van der Waals surface area contributed by atoms with Crippen molar-refractivity contribution >= 4 is 16.6 Å². The second-order valence-electron chi connectivity index (χ2n) is 12.6. The highest BCUT2D eigenvalue weighted by molar-refractivity contribution is 5.96. The second-order valence-corrected chi connectivity index (χ2v) is 12.6. The number of ether oxygens (including phenoxy) is 1. The lowest BCUT2D eigenvalue weighted by molar-refractivity contribution is -0.282. The smallest absolute Gasteiger partial charge is 0.107 e. The molecule has 0 spiro atoms. The average molecular weight is 560 g/mol. The molecule has 2 aliphatic heterocycles. The Morgan fingerprint density at radius 1 is 0.878 bits per heavy atom. The van der Waals surface area contributed by atoms with Gasteiger partial charge in [0.15, 0.2) is 0 Å². The van der Waals surface area contributed by atoms with Gasteiger partial charge in [-0.15, -0.1) is 0 Å². The summed E-state index contributed by atoms with van der Waals surface area (Å²) in [5.41, 5.74) is 9.73. The van der Waals surface area contributed by atoms with Crippen molar-refractivity contribution in [2.24, 2.45) is 5.92 Å². The SMILES string of the molecule is COCC[C@@H]1CCCN(CCN2CCn3c(c(C4CCCCC4)c4ccc(COOC)cc43)-c3ccc(C)cc32)C1. The summed E-state index contributed by atoms with van der Waals surface area (Å²) < 4.78 is 8.03. The highest BCUT2D eigenvalue weighted by Gasteiger charge is 2.31. The van der Waals surface area contributed by atoms with E-state index in [9.17, 15) is 0 Å². The summed E-state index contributed by atoms with van der Waals surface area (Å²) in [7, 11) is 3.41. The Bertz CT molecular complexity index is 1310. The Hall–Kier alpha value is -2.38. The van der Waals surface area contributed by atoms with Crippen LogP contribution in [0.15, 0.2) is 36.4 Å². The molecule has 1 saturated carbocycles. The van der Waals surface area contributed by atoms with Gasteiger partial charge in [0.05, 0.1) is 12.8 Å². The molecule has 6 rings (SSSR count). The number of rotatable bonds is 10. The van der Waals surface area contributed by atoms with Gasteiger partial charge in [-0.1, -0.05) is 43.5 Å². The van der Waals surface area contributed by atoms with Crippen molar-refractivity contribution in [3.63, 3.8) is 0 Å². The van der Waals surface area contributed by atoms with E-state index >= 15 is 0 Å². The highest BCUT2D eigenvalue weighted by Crippen LogP contribution is 2.47. The molecule has 3 aliphatic rings. The molecule has 1 aromatic heterocycles. The van der Waals surface area contributed by atoms with Gasteiger partial charge < -0.3 is 19.1 Å². The van der Waals surface area contributed by atoms with E-state index in [1.165, 1.54) is 97.9 Å². The van der Waals surface area contributed by atoms with Gasteiger partial charge in [-0.3, -0.25) is 0 Å². The maximum Gasteiger partial charge on any atom is 0.107 e. The quantitative estimate of drug-likeness (QED) is 0.192. The van der Waals surface area contributed by atoms with E-state index in [2.05, 4.69) is 57.7 Å². The molecule has 2 aromatic carbocycles. The highest BCUT2D eigenvalue weighted by atomic mass is 17.2. The lowest BCUT2D eigenvalue weighted by Crippen LogP contribution is -2.41. The molecule has 3 heterocycles. The zero-order valence-electron chi connectivity index (χ0n) is 25.5. The first-order valence-electron chi connectivity index (χ1n) is 16.0. The van der Waals surface area contributed by atoms with Crippen LogP contribution in [-0.4, -0.2) is 63.0 Å². The Morgan fingerprint density at radius 2 is 1.76 bits per heavy atom. The fraction of sp³-hybridized carbons (Fsp3) is 0.600. The average Bonchev–Trinajstić information content (AvgIpc) is 3.24. The molecule has 0 amide bonds. The lowest BCUT2D eigenvalue weighted by Gasteiger charge is -2.35. The van der Waals surface area contributed by atoms with Crippen molar-refractivity contribution in [2.75, 3.05) is 58.5 Å². The molecule has 3 aromatic rings. The first-order valence-corrected chi connectivity index (χ1v) is 16.0. The van der Waals surface area contributed by atoms with E-state index < -0.39 is 0 Å². The third-order valence-corrected chi connectivity index (χ3v) is 9.89. The number of nitrogens with zero attached hydrogens (tertiary/aromatic N) is 3. The van der Waals surface area contributed by atoms with Crippen molar-refractivity contribution in [3.8, 4) is 11.3 Å². The van der Waals surface area contributed by atoms with E-state index in [1.807, 2.05) is 7.11 Å². The minimum Gasteiger partial charge on any atom is -0.385 e. The summed E-state index contributed by atoms with van der Waals surface area (Å²) in [4.78, 5) is 15.7. The second kappa shape index (κ2) is 13.3. The Balaban J connectivity index is 1.35. The minimum atomic E-state index is 0.467. The van der Waals surface area contributed by atoms with Gasteiger partial charge in [0.25, 0.3) is 0 Å². The van der Waals surface area contributed by atoms with E-state index in [4.69, 9.17) is 14.5 Å². The number of fused-ring (bicyclic) bond motifs is 5. The predicted molar refractivity (Wildman–Crippen MR) is 168 cm³/mol. The van der Waals surface area contributed by atoms with Gasteiger partial charge in [0.1, 0.15) is 6.61 Å². The van der Waals surface area contributed by atoms with Crippen LogP contribution in [-0.2, 0) is 27.7 Å². The van der Waals surface area contributed by atoms with E-state index in [0.717, 1.165) is 44.3 Å². The summed E-state index contributed by atoms with van der Waals surface area (Å²) in [5, 5.41) is 1.43. The van der Waals surface area contributed by atoms with Gasteiger partial charge >= 0.3 is 0 Å². The van der Waals surface area contributed by atoms with Crippen LogP contribution in [0, 0.1) is 12.8 Å². The van der Waals surface area contributed by atoms with E-state index in [-0.39, 0.29) is 0 Å². The van der Waals surface area contributed by atoms with Crippen molar-refractivity contribution in [1.29, 1.82) is 0 Å². The first-order chi connectivity index (χ1) is 20.2. The maximum atomic E-state index is 5.39. The van der Waals surface area contributed by atoms with E-state index in [0.29, 0.717) is 12.5 Å². The maximum absolute atomic E-state index is 5.39. The number of aryl methyl sites for hydroxylation is 1. The van der Waals surface area contributed by atoms with Crippen LogP contribution in [0.3, 0.4) is 0 Å². The third kappa shape index (κ3) is 6.22. The Kier molecular flexibility index (Phi) is 9.31. The molecule has 222 valence electrons. The molecule has 6 nitrogen and oxygen atoms in total.